The van der Waals surface area contributed by atoms with Crippen LogP contribution in [0.3, 0.4) is 0 Å². The van der Waals surface area contributed by atoms with Gasteiger partial charge in [-0.1, -0.05) is 11.3 Å². The monoisotopic (exact) mass is 402 g/mol. The first kappa shape index (κ1) is 17.8. The van der Waals surface area contributed by atoms with Gasteiger partial charge in [0.1, 0.15) is 17.7 Å². The zero-order valence-corrected chi connectivity index (χ0v) is 17.1. The van der Waals surface area contributed by atoms with Crippen molar-refractivity contribution in [3.63, 3.8) is 0 Å². The normalized spacial score (nSPS) is 11.8. The predicted molar refractivity (Wildman–Crippen MR) is 110 cm³/mol. The third-order valence-electron chi connectivity index (χ3n) is 4.85. The van der Waals surface area contributed by atoms with Gasteiger partial charge < -0.3 is 4.74 Å². The van der Waals surface area contributed by atoms with Gasteiger partial charge in [0.15, 0.2) is 5.01 Å². The molecule has 0 unspecified atom stereocenters. The zero-order valence-electron chi connectivity index (χ0n) is 16.3. The van der Waals surface area contributed by atoms with Crippen LogP contribution in [0.1, 0.15) is 39.0 Å². The van der Waals surface area contributed by atoms with Crippen LogP contribution in [0.4, 0.5) is 0 Å². The number of aromatic nitrogens is 6. The average molecular weight is 402 g/mol. The summed E-state index contributed by atoms with van der Waals surface area (Å²) in [5.74, 6) is 6.36. The van der Waals surface area contributed by atoms with Crippen LogP contribution < -0.4 is 0 Å². The molecule has 0 atom stereocenters. The van der Waals surface area contributed by atoms with Crippen LogP contribution in [-0.2, 0) is 17.8 Å². The maximum atomic E-state index is 5.34. The van der Waals surface area contributed by atoms with E-state index in [4.69, 9.17) is 4.74 Å². The highest BCUT2D eigenvalue weighted by atomic mass is 32.1. The van der Waals surface area contributed by atoms with E-state index in [1.165, 1.54) is 0 Å². The molecule has 144 valence electrons. The van der Waals surface area contributed by atoms with Gasteiger partial charge in [0.25, 0.3) is 0 Å². The molecule has 5 rings (SSSR count). The number of methoxy groups -OCH3 is 1. The van der Waals surface area contributed by atoms with Crippen LogP contribution in [0, 0.1) is 25.7 Å². The Hall–Kier alpha value is -3.28. The SMILES string of the molecule is COCc1nnn2c1Cc1c(C#Cc3nc(C)cs3)ncn1-c1ccc(C)cc1-2. The highest BCUT2D eigenvalue weighted by molar-refractivity contribution is 7.10. The van der Waals surface area contributed by atoms with Crippen molar-refractivity contribution >= 4 is 11.3 Å². The molecule has 1 aliphatic heterocycles. The van der Waals surface area contributed by atoms with Crippen molar-refractivity contribution in [1.82, 2.24) is 29.5 Å². The summed E-state index contributed by atoms with van der Waals surface area (Å²) in [5.41, 5.74) is 7.67. The highest BCUT2D eigenvalue weighted by Gasteiger charge is 2.25. The fourth-order valence-corrected chi connectivity index (χ4v) is 4.14. The second-order valence-electron chi connectivity index (χ2n) is 6.95. The minimum absolute atomic E-state index is 0.407. The minimum atomic E-state index is 0.407. The first-order valence-corrected chi connectivity index (χ1v) is 10.1. The van der Waals surface area contributed by atoms with Crippen molar-refractivity contribution in [3.8, 4) is 23.2 Å². The smallest absolute Gasteiger partial charge is 0.167 e. The molecule has 4 aromatic rings. The van der Waals surface area contributed by atoms with Crippen LogP contribution in [0.2, 0.25) is 0 Å². The van der Waals surface area contributed by atoms with E-state index in [2.05, 4.69) is 61.8 Å². The van der Waals surface area contributed by atoms with Crippen molar-refractivity contribution in [2.75, 3.05) is 7.11 Å². The summed E-state index contributed by atoms with van der Waals surface area (Å²) in [5, 5.41) is 11.6. The maximum absolute atomic E-state index is 5.34. The van der Waals surface area contributed by atoms with Crippen molar-refractivity contribution in [1.29, 1.82) is 0 Å². The summed E-state index contributed by atoms with van der Waals surface area (Å²) in [4.78, 5) is 9.02. The number of imidazole rings is 1. The van der Waals surface area contributed by atoms with Gasteiger partial charge in [-0.3, -0.25) is 4.57 Å². The van der Waals surface area contributed by atoms with Crippen LogP contribution in [0.15, 0.2) is 29.9 Å². The quantitative estimate of drug-likeness (QED) is 0.425. The topological polar surface area (TPSA) is 70.7 Å². The number of nitrogens with zero attached hydrogens (tertiary/aromatic N) is 6. The molecule has 8 heteroatoms. The molecular formula is C21H18N6OS. The average Bonchev–Trinajstić information content (AvgIpc) is 3.39. The Labute approximate surface area is 172 Å². The molecule has 0 aliphatic carbocycles. The molecule has 0 fully saturated rings. The van der Waals surface area contributed by atoms with E-state index < -0.39 is 0 Å². The molecule has 0 radical (unpaired) electrons. The first-order valence-electron chi connectivity index (χ1n) is 9.18. The Balaban J connectivity index is 1.69. The van der Waals surface area contributed by atoms with E-state index in [-0.39, 0.29) is 0 Å². The van der Waals surface area contributed by atoms with Gasteiger partial charge >= 0.3 is 0 Å². The molecule has 0 bridgehead atoms. The lowest BCUT2D eigenvalue weighted by atomic mass is 10.1. The van der Waals surface area contributed by atoms with E-state index in [0.29, 0.717) is 13.0 Å². The summed E-state index contributed by atoms with van der Waals surface area (Å²) in [7, 11) is 1.66. The van der Waals surface area contributed by atoms with Crippen molar-refractivity contribution < 1.29 is 4.74 Å². The molecule has 4 heterocycles. The second-order valence-corrected chi connectivity index (χ2v) is 7.81. The maximum Gasteiger partial charge on any atom is 0.167 e. The zero-order chi connectivity index (χ0) is 20.0. The largest absolute Gasteiger partial charge is 0.378 e. The van der Waals surface area contributed by atoms with Gasteiger partial charge in [-0.25, -0.2) is 14.6 Å². The van der Waals surface area contributed by atoms with E-state index in [1.54, 1.807) is 18.4 Å². The fraction of sp³-hybridized carbons (Fsp3) is 0.238. The Morgan fingerprint density at radius 3 is 2.86 bits per heavy atom. The molecule has 0 amide bonds. The summed E-state index contributed by atoms with van der Waals surface area (Å²) < 4.78 is 9.34. The Kier molecular flexibility index (Phi) is 4.27. The van der Waals surface area contributed by atoms with Gasteiger partial charge in [-0.05, 0) is 43.4 Å². The number of thiazole rings is 1. The number of benzene rings is 1. The molecule has 29 heavy (non-hydrogen) atoms. The summed E-state index contributed by atoms with van der Waals surface area (Å²) in [6.45, 7) is 4.44. The summed E-state index contributed by atoms with van der Waals surface area (Å²) in [6, 6.07) is 6.29. The molecule has 0 saturated heterocycles. The molecule has 3 aromatic heterocycles. The number of hydrogen-bond donors (Lipinski definition) is 0. The molecule has 0 N–H and O–H groups in total. The van der Waals surface area contributed by atoms with Crippen LogP contribution >= 0.6 is 11.3 Å². The van der Waals surface area contributed by atoms with Crippen LogP contribution in [0.25, 0.3) is 11.4 Å². The van der Waals surface area contributed by atoms with Gasteiger partial charge in [-0.2, -0.15) is 0 Å². The van der Waals surface area contributed by atoms with E-state index >= 15 is 0 Å². The molecule has 0 spiro atoms. The Morgan fingerprint density at radius 1 is 1.17 bits per heavy atom. The lowest BCUT2D eigenvalue weighted by Crippen LogP contribution is -2.04. The summed E-state index contributed by atoms with van der Waals surface area (Å²) >= 11 is 1.54. The highest BCUT2D eigenvalue weighted by Crippen LogP contribution is 2.30. The Bertz CT molecular complexity index is 1290. The molecule has 1 aliphatic rings. The number of rotatable bonds is 2. The molecule has 7 nitrogen and oxygen atoms in total. The van der Waals surface area contributed by atoms with E-state index in [0.717, 1.165) is 50.4 Å². The number of ether oxygens (including phenoxy) is 1. The lowest BCUT2D eigenvalue weighted by Gasteiger charge is -2.10. The molecular weight excluding hydrogens is 384 g/mol. The molecule has 1 aromatic carbocycles. The van der Waals surface area contributed by atoms with E-state index in [9.17, 15) is 0 Å². The van der Waals surface area contributed by atoms with Gasteiger partial charge in [0.2, 0.25) is 0 Å². The van der Waals surface area contributed by atoms with Crippen molar-refractivity contribution in [3.05, 3.63) is 68.9 Å². The molecule has 0 saturated carbocycles. The predicted octanol–water partition coefficient (Wildman–Crippen LogP) is 2.98. The van der Waals surface area contributed by atoms with Gasteiger partial charge in [0, 0.05) is 24.6 Å². The van der Waals surface area contributed by atoms with E-state index in [1.807, 2.05) is 23.3 Å². The number of hydrogen-bond acceptors (Lipinski definition) is 6. The van der Waals surface area contributed by atoms with Crippen LogP contribution in [-0.4, -0.2) is 36.6 Å². The number of aryl methyl sites for hydroxylation is 2. The fourth-order valence-electron chi connectivity index (χ4n) is 3.50. The lowest BCUT2D eigenvalue weighted by molar-refractivity contribution is 0.180. The third-order valence-corrected chi connectivity index (χ3v) is 5.73. The van der Waals surface area contributed by atoms with Crippen molar-refractivity contribution in [2.45, 2.75) is 26.9 Å². The number of fused-ring (bicyclic) bond motifs is 5. The third kappa shape index (κ3) is 3.05. The Morgan fingerprint density at radius 2 is 2.07 bits per heavy atom. The van der Waals surface area contributed by atoms with Crippen LogP contribution in [0.5, 0.6) is 0 Å². The first-order chi connectivity index (χ1) is 14.1. The van der Waals surface area contributed by atoms with Gasteiger partial charge in [0.05, 0.1) is 29.4 Å². The van der Waals surface area contributed by atoms with Crippen molar-refractivity contribution in [2.24, 2.45) is 0 Å². The van der Waals surface area contributed by atoms with Gasteiger partial charge in [-0.15, -0.1) is 16.4 Å². The minimum Gasteiger partial charge on any atom is -0.378 e. The second kappa shape index (κ2) is 6.95. The standard InChI is InChI=1S/C21H18N6OS/c1-13-4-6-17-20(8-13)27-19(16(10-28-3)24-25-27)9-18-15(22-12-26(17)18)5-7-21-23-14(2)11-29-21/h4,6,8,11-12H,9-10H2,1-3H3. The summed E-state index contributed by atoms with van der Waals surface area (Å²) in [6.07, 6.45) is 2.44.